The Morgan fingerprint density at radius 3 is 3.21 bits per heavy atom. The monoisotopic (exact) mass is 355 g/mol. The van der Waals surface area contributed by atoms with Crippen LogP contribution < -0.4 is 5.32 Å². The van der Waals surface area contributed by atoms with Crippen LogP contribution in [0.3, 0.4) is 0 Å². The van der Waals surface area contributed by atoms with Crippen LogP contribution in [-0.4, -0.2) is 61.0 Å². The highest BCUT2D eigenvalue weighted by Crippen LogP contribution is 2.14. The van der Waals surface area contributed by atoms with E-state index >= 15 is 0 Å². The molecule has 1 aromatic heterocycles. The smallest absolute Gasteiger partial charge is 0.221 e. The van der Waals surface area contributed by atoms with Gasteiger partial charge in [0.15, 0.2) is 0 Å². The first-order valence-electron chi connectivity index (χ1n) is 8.55. The minimum absolute atomic E-state index is 0.00726. The third kappa shape index (κ3) is 5.49. The number of thiazole rings is 1. The summed E-state index contributed by atoms with van der Waals surface area (Å²) < 4.78 is 11.4. The molecular weight excluding hydrogens is 330 g/mol. The molecule has 0 aliphatic carbocycles. The Bertz CT molecular complexity index is 494. The van der Waals surface area contributed by atoms with Crippen molar-refractivity contribution in [1.29, 1.82) is 0 Å². The lowest BCUT2D eigenvalue weighted by Crippen LogP contribution is -2.50. The van der Waals surface area contributed by atoms with E-state index in [1.165, 1.54) is 0 Å². The van der Waals surface area contributed by atoms with E-state index in [0.717, 1.165) is 38.1 Å². The maximum atomic E-state index is 12.2. The van der Waals surface area contributed by atoms with Crippen LogP contribution >= 0.6 is 11.3 Å². The number of rotatable bonds is 7. The van der Waals surface area contributed by atoms with E-state index in [2.05, 4.69) is 10.3 Å². The quantitative estimate of drug-likeness (QED) is 0.796. The number of nitrogens with zero attached hydrogens (tertiary/aromatic N) is 2. The number of hydrogen-bond acceptors (Lipinski definition) is 7. The zero-order valence-electron chi connectivity index (χ0n) is 13.8. The first kappa shape index (κ1) is 17.8. The largest absolute Gasteiger partial charge is 0.379 e. The summed E-state index contributed by atoms with van der Waals surface area (Å²) in [6, 6.07) is -0.00726. The van der Waals surface area contributed by atoms with E-state index in [1.807, 2.05) is 10.4 Å². The van der Waals surface area contributed by atoms with Gasteiger partial charge in [-0.3, -0.25) is 9.63 Å². The molecule has 1 aromatic rings. The van der Waals surface area contributed by atoms with Crippen molar-refractivity contribution in [2.45, 2.75) is 44.4 Å². The average Bonchev–Trinajstić information content (AvgIpc) is 3.14. The number of aromatic nitrogens is 1. The fourth-order valence-corrected chi connectivity index (χ4v) is 3.42. The molecule has 0 bridgehead atoms. The third-order valence-electron chi connectivity index (χ3n) is 4.24. The fraction of sp³-hybridized carbons (Fsp3) is 0.750. The number of nitrogens with one attached hydrogen (secondary N) is 1. The minimum Gasteiger partial charge on any atom is -0.379 e. The summed E-state index contributed by atoms with van der Waals surface area (Å²) in [5.74, 6) is 0.0401. The summed E-state index contributed by atoms with van der Waals surface area (Å²) in [5.41, 5.74) is 2.70. The molecule has 2 aliphatic rings. The van der Waals surface area contributed by atoms with Gasteiger partial charge in [0.05, 0.1) is 37.1 Å². The van der Waals surface area contributed by atoms with Crippen LogP contribution in [0.4, 0.5) is 0 Å². The lowest BCUT2D eigenvalue weighted by molar-refractivity contribution is -0.181. The van der Waals surface area contributed by atoms with Gasteiger partial charge in [-0.25, -0.2) is 4.98 Å². The summed E-state index contributed by atoms with van der Waals surface area (Å²) in [6.45, 7) is 3.91. The molecule has 0 radical (unpaired) electrons. The molecular formula is C16H25N3O4S. The highest BCUT2D eigenvalue weighted by molar-refractivity contribution is 7.07. The molecule has 1 N–H and O–H groups in total. The van der Waals surface area contributed by atoms with Crippen molar-refractivity contribution in [2.24, 2.45) is 0 Å². The van der Waals surface area contributed by atoms with Crippen molar-refractivity contribution < 1.29 is 19.1 Å². The first-order valence-corrected chi connectivity index (χ1v) is 9.49. The van der Waals surface area contributed by atoms with E-state index in [4.69, 9.17) is 14.3 Å². The van der Waals surface area contributed by atoms with Gasteiger partial charge in [-0.2, -0.15) is 5.06 Å². The summed E-state index contributed by atoms with van der Waals surface area (Å²) in [4.78, 5) is 22.0. The highest BCUT2D eigenvalue weighted by Gasteiger charge is 2.28. The molecule has 8 heteroatoms. The Balaban J connectivity index is 1.41. The molecule has 2 aliphatic heterocycles. The average molecular weight is 355 g/mol. The maximum Gasteiger partial charge on any atom is 0.221 e. The van der Waals surface area contributed by atoms with E-state index in [0.29, 0.717) is 32.8 Å². The van der Waals surface area contributed by atoms with Crippen LogP contribution in [0.25, 0.3) is 0 Å². The molecule has 7 nitrogen and oxygen atoms in total. The van der Waals surface area contributed by atoms with Crippen LogP contribution in [0.2, 0.25) is 0 Å². The number of ether oxygens (including phenoxy) is 2. The molecule has 0 aromatic carbocycles. The molecule has 0 spiro atoms. The van der Waals surface area contributed by atoms with Gasteiger partial charge >= 0.3 is 0 Å². The number of amides is 1. The van der Waals surface area contributed by atoms with Crippen molar-refractivity contribution in [1.82, 2.24) is 15.4 Å². The molecule has 24 heavy (non-hydrogen) atoms. The van der Waals surface area contributed by atoms with Crippen molar-refractivity contribution >= 4 is 17.2 Å². The summed E-state index contributed by atoms with van der Waals surface area (Å²) in [5, 5.41) is 6.95. The summed E-state index contributed by atoms with van der Waals surface area (Å²) in [7, 11) is 0. The second-order valence-electron chi connectivity index (χ2n) is 6.09. The Morgan fingerprint density at radius 1 is 1.46 bits per heavy atom. The molecule has 3 rings (SSSR count). The number of carbonyl (C=O) groups is 1. The van der Waals surface area contributed by atoms with Crippen molar-refractivity contribution in [3.8, 4) is 0 Å². The van der Waals surface area contributed by atoms with Gasteiger partial charge in [0, 0.05) is 31.5 Å². The second-order valence-corrected chi connectivity index (χ2v) is 6.80. The predicted octanol–water partition coefficient (Wildman–Crippen LogP) is 1.35. The molecule has 2 atom stereocenters. The second kappa shape index (κ2) is 9.43. The lowest BCUT2D eigenvalue weighted by Gasteiger charge is -2.32. The predicted molar refractivity (Wildman–Crippen MR) is 89.4 cm³/mol. The van der Waals surface area contributed by atoms with Crippen molar-refractivity contribution in [3.63, 3.8) is 0 Å². The maximum absolute atomic E-state index is 12.2. The van der Waals surface area contributed by atoms with E-state index in [-0.39, 0.29) is 18.1 Å². The zero-order chi connectivity index (χ0) is 16.6. The number of hydrogen-bond donors (Lipinski definition) is 1. The Morgan fingerprint density at radius 2 is 2.42 bits per heavy atom. The molecule has 1 amide bonds. The molecule has 2 fully saturated rings. The Kier molecular flexibility index (Phi) is 6.98. The first-order chi connectivity index (χ1) is 11.8. The molecule has 134 valence electrons. The third-order valence-corrected chi connectivity index (χ3v) is 4.88. The topological polar surface area (TPSA) is 72.9 Å². The van der Waals surface area contributed by atoms with E-state index < -0.39 is 0 Å². The van der Waals surface area contributed by atoms with Gasteiger partial charge < -0.3 is 14.8 Å². The number of hydroxylamine groups is 2. The van der Waals surface area contributed by atoms with Crippen LogP contribution in [0.15, 0.2) is 10.9 Å². The van der Waals surface area contributed by atoms with Crippen LogP contribution in [0.1, 0.15) is 31.4 Å². The van der Waals surface area contributed by atoms with Gasteiger partial charge in [-0.1, -0.05) is 0 Å². The van der Waals surface area contributed by atoms with Crippen molar-refractivity contribution in [3.05, 3.63) is 16.6 Å². The van der Waals surface area contributed by atoms with Gasteiger partial charge in [-0.15, -0.1) is 11.3 Å². The molecule has 0 unspecified atom stereocenters. The normalized spacial score (nSPS) is 25.5. The molecule has 3 heterocycles. The van der Waals surface area contributed by atoms with Gasteiger partial charge in [0.2, 0.25) is 5.91 Å². The van der Waals surface area contributed by atoms with Gasteiger partial charge in [0.25, 0.3) is 0 Å². The van der Waals surface area contributed by atoms with Crippen LogP contribution in [0.5, 0.6) is 0 Å². The fourth-order valence-electron chi connectivity index (χ4n) is 2.87. The van der Waals surface area contributed by atoms with Gasteiger partial charge in [0.1, 0.15) is 6.10 Å². The molecule has 2 saturated heterocycles. The summed E-state index contributed by atoms with van der Waals surface area (Å²) in [6.07, 6.45) is 3.32. The standard InChI is InChI=1S/C16H25N3O4S/c20-16(3-6-19-5-1-2-7-23-19)18-14-4-8-21-10-15(14)22-9-13-11-24-12-17-13/h11-12,14-15H,1-10H2,(H,18,20)/t14-,15-/m1/s1. The van der Waals surface area contributed by atoms with E-state index in [9.17, 15) is 4.79 Å². The highest BCUT2D eigenvalue weighted by atomic mass is 32.1. The summed E-state index contributed by atoms with van der Waals surface area (Å²) >= 11 is 1.55. The lowest BCUT2D eigenvalue weighted by atomic mass is 10.1. The minimum atomic E-state index is -0.129. The Hall–Kier alpha value is -1.06. The SMILES string of the molecule is O=C(CCN1CCCCO1)N[C@@H]1CCOC[C@H]1OCc1cscn1. The van der Waals surface area contributed by atoms with Crippen LogP contribution in [0, 0.1) is 0 Å². The van der Waals surface area contributed by atoms with Crippen LogP contribution in [-0.2, 0) is 25.7 Å². The van der Waals surface area contributed by atoms with Gasteiger partial charge in [-0.05, 0) is 19.3 Å². The van der Waals surface area contributed by atoms with E-state index in [1.54, 1.807) is 16.8 Å². The molecule has 0 saturated carbocycles. The zero-order valence-corrected chi connectivity index (χ0v) is 14.6. The number of carbonyl (C=O) groups excluding carboxylic acids is 1. The Labute approximate surface area is 146 Å². The van der Waals surface area contributed by atoms with Crippen molar-refractivity contribution in [2.75, 3.05) is 32.9 Å².